The number of rotatable bonds is 15. The molecule has 4 heteroatoms. The molecule has 0 aliphatic rings. The summed E-state index contributed by atoms with van der Waals surface area (Å²) in [5.74, 6) is 0.324. The average molecular weight is 420 g/mol. The number of carbonyl (C=O) groups is 2. The van der Waals surface area contributed by atoms with E-state index in [0.29, 0.717) is 25.2 Å². The summed E-state index contributed by atoms with van der Waals surface area (Å²) in [7, 11) is 0. The standard InChI is InChI=1S/C24H39NO3.C2H6/c1-5-13-22(26)20(4)14-11-12-17-28-23(27)18-24(6-2,7-3)25-19-21-15-9-8-10-16-21;1-2/h8-10,15-16,20,25H,5-7,11-14,17-19H2,1-4H3;1-2H3. The maximum atomic E-state index is 12.4. The van der Waals surface area contributed by atoms with Gasteiger partial charge in [-0.2, -0.15) is 0 Å². The summed E-state index contributed by atoms with van der Waals surface area (Å²) in [4.78, 5) is 24.2. The number of nitrogens with one attached hydrogen (secondary N) is 1. The molecule has 0 fully saturated rings. The van der Waals surface area contributed by atoms with Crippen LogP contribution in [0.15, 0.2) is 30.3 Å². The van der Waals surface area contributed by atoms with Crippen LogP contribution >= 0.6 is 0 Å². The molecule has 0 heterocycles. The van der Waals surface area contributed by atoms with Crippen molar-refractivity contribution in [1.82, 2.24) is 5.32 Å². The quantitative estimate of drug-likeness (QED) is 0.261. The third-order valence-electron chi connectivity index (χ3n) is 5.69. The Hall–Kier alpha value is -1.68. The third-order valence-corrected chi connectivity index (χ3v) is 5.69. The average Bonchev–Trinajstić information content (AvgIpc) is 2.78. The second kappa shape index (κ2) is 17.0. The predicted octanol–water partition coefficient (Wildman–Crippen LogP) is 6.47. The number of carbonyl (C=O) groups excluding carboxylic acids is 2. The van der Waals surface area contributed by atoms with E-state index in [1.807, 2.05) is 45.9 Å². The molecule has 0 aromatic heterocycles. The van der Waals surface area contributed by atoms with Gasteiger partial charge >= 0.3 is 5.97 Å². The molecule has 1 N–H and O–H groups in total. The second-order valence-corrected chi connectivity index (χ2v) is 7.84. The van der Waals surface area contributed by atoms with Crippen LogP contribution in [-0.4, -0.2) is 23.9 Å². The molecule has 0 saturated heterocycles. The Balaban J connectivity index is 0.00000407. The van der Waals surface area contributed by atoms with Gasteiger partial charge in [0.2, 0.25) is 0 Å². The molecule has 1 atom stereocenters. The van der Waals surface area contributed by atoms with Gasteiger partial charge in [0.15, 0.2) is 0 Å². The van der Waals surface area contributed by atoms with Crippen LogP contribution in [0, 0.1) is 5.92 Å². The minimum absolute atomic E-state index is 0.116. The fourth-order valence-corrected chi connectivity index (χ4v) is 3.42. The Labute approximate surface area is 185 Å². The lowest BCUT2D eigenvalue weighted by atomic mass is 9.88. The molecule has 4 nitrogen and oxygen atoms in total. The van der Waals surface area contributed by atoms with Gasteiger partial charge in [-0.05, 0) is 44.1 Å². The molecule has 1 aromatic carbocycles. The Morgan fingerprint density at radius 2 is 1.67 bits per heavy atom. The molecular weight excluding hydrogens is 374 g/mol. The van der Waals surface area contributed by atoms with Gasteiger partial charge in [-0.1, -0.05) is 71.9 Å². The third kappa shape index (κ3) is 11.5. The summed E-state index contributed by atoms with van der Waals surface area (Å²) in [5, 5.41) is 3.58. The largest absolute Gasteiger partial charge is 0.466 e. The minimum atomic E-state index is -0.228. The number of benzene rings is 1. The van der Waals surface area contributed by atoms with E-state index >= 15 is 0 Å². The van der Waals surface area contributed by atoms with Gasteiger partial charge in [0.25, 0.3) is 0 Å². The molecule has 1 unspecified atom stereocenters. The van der Waals surface area contributed by atoms with Gasteiger partial charge < -0.3 is 10.1 Å². The lowest BCUT2D eigenvalue weighted by molar-refractivity contribution is -0.145. The molecule has 0 aliphatic carbocycles. The summed E-state index contributed by atoms with van der Waals surface area (Å²) >= 11 is 0. The first kappa shape index (κ1) is 28.3. The molecule has 0 amide bonds. The zero-order chi connectivity index (χ0) is 22.8. The minimum Gasteiger partial charge on any atom is -0.466 e. The molecular formula is C26H45NO3. The van der Waals surface area contributed by atoms with Gasteiger partial charge in [-0.15, -0.1) is 0 Å². The Kier molecular flexibility index (Phi) is 16.1. The molecule has 0 saturated carbocycles. The summed E-state index contributed by atoms with van der Waals surface area (Å²) in [6.07, 6.45) is 6.34. The van der Waals surface area contributed by atoms with Gasteiger partial charge in [-0.3, -0.25) is 9.59 Å². The predicted molar refractivity (Wildman–Crippen MR) is 126 cm³/mol. The van der Waals surface area contributed by atoms with Crippen LogP contribution in [0.3, 0.4) is 0 Å². The monoisotopic (exact) mass is 419 g/mol. The van der Waals surface area contributed by atoms with Crippen LogP contribution in [0.2, 0.25) is 0 Å². The molecule has 30 heavy (non-hydrogen) atoms. The van der Waals surface area contributed by atoms with Crippen LogP contribution in [0.1, 0.15) is 98.5 Å². The second-order valence-electron chi connectivity index (χ2n) is 7.84. The molecule has 0 bridgehead atoms. The number of esters is 1. The van der Waals surface area contributed by atoms with Crippen molar-refractivity contribution in [2.75, 3.05) is 6.61 Å². The van der Waals surface area contributed by atoms with Gasteiger partial charge in [0.1, 0.15) is 5.78 Å². The van der Waals surface area contributed by atoms with Crippen molar-refractivity contribution in [3.63, 3.8) is 0 Å². The maximum absolute atomic E-state index is 12.4. The van der Waals surface area contributed by atoms with E-state index in [9.17, 15) is 9.59 Å². The number of hydrogen-bond donors (Lipinski definition) is 1. The Morgan fingerprint density at radius 3 is 2.23 bits per heavy atom. The van der Waals surface area contributed by atoms with E-state index in [-0.39, 0.29) is 17.4 Å². The fourth-order valence-electron chi connectivity index (χ4n) is 3.42. The van der Waals surface area contributed by atoms with Crippen molar-refractivity contribution in [1.29, 1.82) is 0 Å². The van der Waals surface area contributed by atoms with Crippen LogP contribution in [0.4, 0.5) is 0 Å². The molecule has 0 aliphatic heterocycles. The highest BCUT2D eigenvalue weighted by Crippen LogP contribution is 2.22. The summed E-state index contributed by atoms with van der Waals surface area (Å²) in [6, 6.07) is 10.2. The Bertz CT molecular complexity index is 567. The first-order chi connectivity index (χ1) is 14.5. The lowest BCUT2D eigenvalue weighted by Gasteiger charge is -2.32. The number of ether oxygens (including phenoxy) is 1. The van der Waals surface area contributed by atoms with Crippen LogP contribution < -0.4 is 5.32 Å². The summed E-state index contributed by atoms with van der Waals surface area (Å²) in [5.41, 5.74) is 0.988. The normalized spacial score (nSPS) is 11.9. The van der Waals surface area contributed by atoms with Crippen LogP contribution in [0.25, 0.3) is 0 Å². The van der Waals surface area contributed by atoms with E-state index in [2.05, 4.69) is 31.3 Å². The van der Waals surface area contributed by atoms with Crippen molar-refractivity contribution >= 4 is 11.8 Å². The van der Waals surface area contributed by atoms with Crippen molar-refractivity contribution in [3.05, 3.63) is 35.9 Å². The smallest absolute Gasteiger partial charge is 0.307 e. The number of unbranched alkanes of at least 4 members (excludes halogenated alkanes) is 1. The van der Waals surface area contributed by atoms with E-state index < -0.39 is 0 Å². The fraction of sp³-hybridized carbons (Fsp3) is 0.692. The zero-order valence-electron chi connectivity index (χ0n) is 20.3. The van der Waals surface area contributed by atoms with Gasteiger partial charge in [0.05, 0.1) is 13.0 Å². The zero-order valence-corrected chi connectivity index (χ0v) is 20.3. The number of Topliss-reactive ketones (excluding diaryl/α,β-unsaturated/α-hetero) is 1. The molecule has 1 rings (SSSR count). The van der Waals surface area contributed by atoms with Crippen molar-refractivity contribution < 1.29 is 14.3 Å². The summed E-state index contributed by atoms with van der Waals surface area (Å²) < 4.78 is 5.48. The molecule has 172 valence electrons. The van der Waals surface area contributed by atoms with Crippen molar-refractivity contribution in [2.24, 2.45) is 5.92 Å². The SMILES string of the molecule is CC.CCCC(=O)C(C)CCCCOC(=O)CC(CC)(CC)NCc1ccccc1. The topological polar surface area (TPSA) is 55.4 Å². The highest BCUT2D eigenvalue weighted by Gasteiger charge is 2.29. The number of ketones is 1. The maximum Gasteiger partial charge on any atom is 0.307 e. The van der Waals surface area contributed by atoms with Crippen molar-refractivity contribution in [2.45, 2.75) is 105 Å². The first-order valence-corrected chi connectivity index (χ1v) is 11.9. The summed E-state index contributed by atoms with van der Waals surface area (Å²) in [6.45, 7) is 13.5. The van der Waals surface area contributed by atoms with E-state index in [0.717, 1.165) is 45.1 Å². The van der Waals surface area contributed by atoms with Crippen LogP contribution in [0.5, 0.6) is 0 Å². The van der Waals surface area contributed by atoms with Crippen LogP contribution in [-0.2, 0) is 20.9 Å². The first-order valence-electron chi connectivity index (χ1n) is 11.9. The molecule has 0 radical (unpaired) electrons. The van der Waals surface area contributed by atoms with E-state index in [4.69, 9.17) is 4.74 Å². The van der Waals surface area contributed by atoms with Gasteiger partial charge in [0, 0.05) is 24.4 Å². The highest BCUT2D eigenvalue weighted by molar-refractivity contribution is 5.80. The van der Waals surface area contributed by atoms with E-state index in [1.54, 1.807) is 0 Å². The van der Waals surface area contributed by atoms with Crippen molar-refractivity contribution in [3.8, 4) is 0 Å². The van der Waals surface area contributed by atoms with Gasteiger partial charge in [-0.25, -0.2) is 0 Å². The lowest BCUT2D eigenvalue weighted by Crippen LogP contribution is -2.45. The number of hydrogen-bond acceptors (Lipinski definition) is 4. The molecule has 1 aromatic rings. The molecule has 0 spiro atoms. The van der Waals surface area contributed by atoms with E-state index in [1.165, 1.54) is 5.56 Å². The Morgan fingerprint density at radius 1 is 1.03 bits per heavy atom. The highest BCUT2D eigenvalue weighted by atomic mass is 16.5.